The van der Waals surface area contributed by atoms with E-state index in [4.69, 9.17) is 4.74 Å². The van der Waals surface area contributed by atoms with E-state index in [0.717, 1.165) is 13.0 Å². The third kappa shape index (κ3) is 3.42. The first-order valence-electron chi connectivity index (χ1n) is 6.97. The number of amides is 1. The van der Waals surface area contributed by atoms with E-state index >= 15 is 0 Å². The lowest BCUT2D eigenvalue weighted by Crippen LogP contribution is -2.44. The average Bonchev–Trinajstić information content (AvgIpc) is 2.47. The standard InChI is InChI=1S/C15H22N2O3/c1-17(10-12-5-3-4-8-16-12)15(19)11-6-7-14(20-2)13(18)9-11/h6-7,9,12,16,18H,3-5,8,10H2,1-2H3. The monoisotopic (exact) mass is 278 g/mol. The molecule has 1 heterocycles. The Bertz CT molecular complexity index is 470. The minimum Gasteiger partial charge on any atom is -0.504 e. The van der Waals surface area contributed by atoms with Gasteiger partial charge in [-0.2, -0.15) is 0 Å². The second-order valence-corrected chi connectivity index (χ2v) is 5.22. The van der Waals surface area contributed by atoms with Crippen molar-refractivity contribution in [2.45, 2.75) is 25.3 Å². The van der Waals surface area contributed by atoms with Gasteiger partial charge >= 0.3 is 0 Å². The van der Waals surface area contributed by atoms with E-state index in [1.807, 2.05) is 0 Å². The number of nitrogens with zero attached hydrogens (tertiary/aromatic N) is 1. The molecule has 1 saturated heterocycles. The van der Waals surface area contributed by atoms with E-state index in [0.29, 0.717) is 23.9 Å². The number of carbonyl (C=O) groups is 1. The molecule has 1 atom stereocenters. The van der Waals surface area contributed by atoms with Gasteiger partial charge in [0.1, 0.15) is 0 Å². The summed E-state index contributed by atoms with van der Waals surface area (Å²) in [6, 6.07) is 5.09. The number of likely N-dealkylation sites (N-methyl/N-ethyl adjacent to an activating group) is 1. The van der Waals surface area contributed by atoms with Gasteiger partial charge in [0.15, 0.2) is 11.5 Å². The van der Waals surface area contributed by atoms with Gasteiger partial charge < -0.3 is 20.1 Å². The van der Waals surface area contributed by atoms with Crippen LogP contribution in [0, 0.1) is 0 Å². The zero-order valence-corrected chi connectivity index (χ0v) is 12.1. The maximum Gasteiger partial charge on any atom is 0.253 e. The van der Waals surface area contributed by atoms with Gasteiger partial charge in [0, 0.05) is 25.2 Å². The molecule has 0 aliphatic carbocycles. The number of hydrogen-bond donors (Lipinski definition) is 2. The third-order valence-electron chi connectivity index (χ3n) is 3.68. The normalized spacial score (nSPS) is 18.6. The zero-order valence-electron chi connectivity index (χ0n) is 12.1. The summed E-state index contributed by atoms with van der Waals surface area (Å²) in [6.07, 6.45) is 3.52. The van der Waals surface area contributed by atoms with Gasteiger partial charge in [-0.25, -0.2) is 0 Å². The summed E-state index contributed by atoms with van der Waals surface area (Å²) in [5.74, 6) is 0.274. The number of nitrogens with one attached hydrogen (secondary N) is 1. The smallest absolute Gasteiger partial charge is 0.253 e. The Kier molecular flexibility index (Phi) is 4.84. The quantitative estimate of drug-likeness (QED) is 0.878. The van der Waals surface area contributed by atoms with E-state index < -0.39 is 0 Å². The molecule has 5 heteroatoms. The minimum absolute atomic E-state index is 0.0115. The Hall–Kier alpha value is -1.75. The number of aromatic hydroxyl groups is 1. The fourth-order valence-electron chi connectivity index (χ4n) is 2.54. The topological polar surface area (TPSA) is 61.8 Å². The largest absolute Gasteiger partial charge is 0.504 e. The maximum atomic E-state index is 12.3. The molecule has 2 rings (SSSR count). The van der Waals surface area contributed by atoms with Crippen LogP contribution >= 0.6 is 0 Å². The number of rotatable bonds is 4. The van der Waals surface area contributed by atoms with Crippen molar-refractivity contribution in [1.82, 2.24) is 10.2 Å². The van der Waals surface area contributed by atoms with Crippen molar-refractivity contribution in [2.24, 2.45) is 0 Å². The van der Waals surface area contributed by atoms with Crippen molar-refractivity contribution in [1.29, 1.82) is 0 Å². The number of carbonyl (C=O) groups excluding carboxylic acids is 1. The minimum atomic E-state index is -0.0877. The molecule has 1 aromatic carbocycles. The first-order valence-corrected chi connectivity index (χ1v) is 6.97. The van der Waals surface area contributed by atoms with Gasteiger partial charge in [-0.05, 0) is 37.6 Å². The molecular formula is C15H22N2O3. The first kappa shape index (κ1) is 14.7. The molecule has 0 bridgehead atoms. The number of phenols is 1. The Balaban J connectivity index is 2.00. The van der Waals surface area contributed by atoms with Gasteiger partial charge in [-0.3, -0.25) is 4.79 Å². The highest BCUT2D eigenvalue weighted by molar-refractivity contribution is 5.94. The van der Waals surface area contributed by atoms with Crippen molar-refractivity contribution in [2.75, 3.05) is 27.2 Å². The highest BCUT2D eigenvalue weighted by Crippen LogP contribution is 2.26. The maximum absolute atomic E-state index is 12.3. The summed E-state index contributed by atoms with van der Waals surface area (Å²) >= 11 is 0. The zero-order chi connectivity index (χ0) is 14.5. The van der Waals surface area contributed by atoms with E-state index in [9.17, 15) is 9.90 Å². The predicted molar refractivity (Wildman–Crippen MR) is 77.3 cm³/mol. The highest BCUT2D eigenvalue weighted by Gasteiger charge is 2.19. The van der Waals surface area contributed by atoms with Gasteiger partial charge in [0.2, 0.25) is 0 Å². The lowest BCUT2D eigenvalue weighted by molar-refractivity contribution is 0.0775. The number of hydrogen-bond acceptors (Lipinski definition) is 4. The average molecular weight is 278 g/mol. The predicted octanol–water partition coefficient (Wildman–Crippen LogP) is 1.61. The van der Waals surface area contributed by atoms with Crippen molar-refractivity contribution in [3.05, 3.63) is 23.8 Å². The van der Waals surface area contributed by atoms with Crippen LogP contribution in [0.5, 0.6) is 11.5 Å². The van der Waals surface area contributed by atoms with Crippen LogP contribution in [0.2, 0.25) is 0 Å². The molecule has 0 spiro atoms. The van der Waals surface area contributed by atoms with Crippen LogP contribution in [0.3, 0.4) is 0 Å². The first-order chi connectivity index (χ1) is 9.61. The van der Waals surface area contributed by atoms with Gasteiger partial charge in [-0.1, -0.05) is 6.42 Å². The molecule has 1 aliphatic rings. The number of methoxy groups -OCH3 is 1. The SMILES string of the molecule is COc1ccc(C(=O)N(C)CC2CCCCN2)cc1O. The second-order valence-electron chi connectivity index (χ2n) is 5.22. The van der Waals surface area contributed by atoms with Crippen LogP contribution in [0.15, 0.2) is 18.2 Å². The van der Waals surface area contributed by atoms with E-state index in [1.54, 1.807) is 24.1 Å². The van der Waals surface area contributed by atoms with Crippen LogP contribution in [0.25, 0.3) is 0 Å². The molecule has 0 radical (unpaired) electrons. The number of ether oxygens (including phenoxy) is 1. The van der Waals surface area contributed by atoms with Gasteiger partial charge in [0.05, 0.1) is 7.11 Å². The third-order valence-corrected chi connectivity index (χ3v) is 3.68. The molecule has 5 nitrogen and oxygen atoms in total. The van der Waals surface area contributed by atoms with Crippen molar-refractivity contribution >= 4 is 5.91 Å². The molecule has 110 valence electrons. The number of piperidine rings is 1. The molecule has 2 N–H and O–H groups in total. The molecule has 1 aromatic rings. The lowest BCUT2D eigenvalue weighted by atomic mass is 10.0. The van der Waals surface area contributed by atoms with Gasteiger partial charge in [-0.15, -0.1) is 0 Å². The number of benzene rings is 1. The van der Waals surface area contributed by atoms with Crippen LogP contribution in [-0.2, 0) is 0 Å². The van der Waals surface area contributed by atoms with Crippen LogP contribution < -0.4 is 10.1 Å². The van der Waals surface area contributed by atoms with Gasteiger partial charge in [0.25, 0.3) is 5.91 Å². The summed E-state index contributed by atoms with van der Waals surface area (Å²) in [7, 11) is 3.28. The van der Waals surface area contributed by atoms with Crippen LogP contribution in [-0.4, -0.2) is 49.2 Å². The summed E-state index contributed by atoms with van der Waals surface area (Å²) in [6.45, 7) is 1.71. The summed E-state index contributed by atoms with van der Waals surface area (Å²) in [4.78, 5) is 14.0. The molecule has 20 heavy (non-hydrogen) atoms. The molecule has 1 unspecified atom stereocenters. The summed E-state index contributed by atoms with van der Waals surface area (Å²) in [5.41, 5.74) is 0.474. The fourth-order valence-corrected chi connectivity index (χ4v) is 2.54. The van der Waals surface area contributed by atoms with Crippen molar-refractivity contribution in [3.8, 4) is 11.5 Å². The highest BCUT2D eigenvalue weighted by atomic mass is 16.5. The van der Waals surface area contributed by atoms with E-state index in [-0.39, 0.29) is 11.7 Å². The van der Waals surface area contributed by atoms with E-state index in [1.165, 1.54) is 26.0 Å². The molecule has 1 fully saturated rings. The Morgan fingerprint density at radius 3 is 2.90 bits per heavy atom. The molecular weight excluding hydrogens is 256 g/mol. The number of phenolic OH excluding ortho intramolecular Hbond substituents is 1. The van der Waals surface area contributed by atoms with Crippen LogP contribution in [0.4, 0.5) is 0 Å². The Morgan fingerprint density at radius 2 is 2.30 bits per heavy atom. The summed E-state index contributed by atoms with van der Waals surface area (Å²) < 4.78 is 4.98. The van der Waals surface area contributed by atoms with Crippen molar-refractivity contribution in [3.63, 3.8) is 0 Å². The molecule has 0 aromatic heterocycles. The lowest BCUT2D eigenvalue weighted by Gasteiger charge is -2.28. The molecule has 1 amide bonds. The Labute approximate surface area is 119 Å². The van der Waals surface area contributed by atoms with Crippen molar-refractivity contribution < 1.29 is 14.6 Å². The fraction of sp³-hybridized carbons (Fsp3) is 0.533. The molecule has 0 saturated carbocycles. The Morgan fingerprint density at radius 1 is 1.50 bits per heavy atom. The second kappa shape index (κ2) is 6.61. The molecule has 1 aliphatic heterocycles. The van der Waals surface area contributed by atoms with E-state index in [2.05, 4.69) is 5.32 Å². The van der Waals surface area contributed by atoms with Crippen LogP contribution in [0.1, 0.15) is 29.6 Å². The summed E-state index contributed by atoms with van der Waals surface area (Å²) in [5, 5.41) is 13.2.